The molecule has 2 aromatic rings. The molecule has 0 saturated carbocycles. The molecular formula is C13H12ClNOS. The average molecular weight is 266 g/mol. The van der Waals surface area contributed by atoms with E-state index in [1.54, 1.807) is 6.92 Å². The van der Waals surface area contributed by atoms with Gasteiger partial charge in [0, 0.05) is 16.9 Å². The zero-order chi connectivity index (χ0) is 12.4. The van der Waals surface area contributed by atoms with Gasteiger partial charge in [-0.3, -0.25) is 4.79 Å². The van der Waals surface area contributed by atoms with Gasteiger partial charge in [0.15, 0.2) is 0 Å². The highest BCUT2D eigenvalue weighted by atomic mass is 35.5. The summed E-state index contributed by atoms with van der Waals surface area (Å²) < 4.78 is 0. The van der Waals surface area contributed by atoms with Crippen LogP contribution in [0.1, 0.15) is 17.5 Å². The Bertz CT molecular complexity index is 562. The van der Waals surface area contributed by atoms with Crippen LogP contribution in [0.3, 0.4) is 0 Å². The van der Waals surface area contributed by atoms with Crippen molar-refractivity contribution in [1.29, 1.82) is 0 Å². The van der Waals surface area contributed by atoms with Crippen LogP contribution in [0.15, 0.2) is 24.3 Å². The molecule has 0 bridgehead atoms. The minimum absolute atomic E-state index is 0.155. The topological polar surface area (TPSA) is 30.0 Å². The standard InChI is InChI=1S/C13H12ClNOS/c1-8(16)7-12-9(2)15-13(17-12)10-5-3-4-6-11(10)14/h3-6H,7H2,1-2H3. The van der Waals surface area contributed by atoms with E-state index >= 15 is 0 Å². The van der Waals surface area contributed by atoms with Gasteiger partial charge in [-0.2, -0.15) is 0 Å². The highest BCUT2D eigenvalue weighted by molar-refractivity contribution is 7.15. The molecule has 17 heavy (non-hydrogen) atoms. The first kappa shape index (κ1) is 12.3. The Balaban J connectivity index is 2.41. The Labute approximate surface area is 109 Å². The minimum Gasteiger partial charge on any atom is -0.300 e. The maximum atomic E-state index is 11.1. The second kappa shape index (κ2) is 4.98. The lowest BCUT2D eigenvalue weighted by Crippen LogP contribution is -1.94. The van der Waals surface area contributed by atoms with Gasteiger partial charge in [0.2, 0.25) is 0 Å². The van der Waals surface area contributed by atoms with E-state index in [9.17, 15) is 4.79 Å². The Morgan fingerprint density at radius 1 is 1.41 bits per heavy atom. The van der Waals surface area contributed by atoms with E-state index in [1.807, 2.05) is 31.2 Å². The predicted molar refractivity (Wildman–Crippen MR) is 71.7 cm³/mol. The fourth-order valence-electron chi connectivity index (χ4n) is 1.57. The number of nitrogens with zero attached hydrogens (tertiary/aromatic N) is 1. The van der Waals surface area contributed by atoms with E-state index in [-0.39, 0.29) is 5.78 Å². The summed E-state index contributed by atoms with van der Waals surface area (Å²) in [5.41, 5.74) is 1.84. The molecule has 2 nitrogen and oxygen atoms in total. The fourth-order valence-corrected chi connectivity index (χ4v) is 3.02. The Morgan fingerprint density at radius 2 is 2.12 bits per heavy atom. The summed E-state index contributed by atoms with van der Waals surface area (Å²) in [6.07, 6.45) is 0.452. The van der Waals surface area contributed by atoms with Crippen LogP contribution >= 0.6 is 22.9 Å². The summed E-state index contributed by atoms with van der Waals surface area (Å²) >= 11 is 7.66. The van der Waals surface area contributed by atoms with Crippen molar-refractivity contribution in [3.05, 3.63) is 39.9 Å². The van der Waals surface area contributed by atoms with Crippen LogP contribution in [-0.2, 0) is 11.2 Å². The zero-order valence-corrected chi connectivity index (χ0v) is 11.2. The molecule has 0 aliphatic rings. The van der Waals surface area contributed by atoms with E-state index in [2.05, 4.69) is 4.98 Å². The molecule has 1 aromatic heterocycles. The maximum absolute atomic E-state index is 11.1. The summed E-state index contributed by atoms with van der Waals surface area (Å²) in [6.45, 7) is 3.52. The van der Waals surface area contributed by atoms with Crippen molar-refractivity contribution in [2.24, 2.45) is 0 Å². The van der Waals surface area contributed by atoms with Crippen LogP contribution in [0, 0.1) is 6.92 Å². The van der Waals surface area contributed by atoms with Gasteiger partial charge in [0.25, 0.3) is 0 Å². The molecule has 0 saturated heterocycles. The number of aromatic nitrogens is 1. The molecule has 0 aliphatic heterocycles. The number of halogens is 1. The number of carbonyl (C=O) groups excluding carboxylic acids is 1. The van der Waals surface area contributed by atoms with Crippen LogP contribution < -0.4 is 0 Å². The van der Waals surface area contributed by atoms with E-state index in [0.717, 1.165) is 21.1 Å². The second-order valence-corrected chi connectivity index (χ2v) is 5.38. The first-order chi connectivity index (χ1) is 8.08. The summed E-state index contributed by atoms with van der Waals surface area (Å²) in [5, 5.41) is 1.57. The summed E-state index contributed by atoms with van der Waals surface area (Å²) in [5.74, 6) is 0.155. The van der Waals surface area contributed by atoms with Crippen molar-refractivity contribution in [3.8, 4) is 10.6 Å². The number of ketones is 1. The van der Waals surface area contributed by atoms with Crippen LogP contribution in [0.2, 0.25) is 5.02 Å². The summed E-state index contributed by atoms with van der Waals surface area (Å²) in [6, 6.07) is 7.61. The molecule has 0 amide bonds. The molecule has 1 heterocycles. The number of benzene rings is 1. The highest BCUT2D eigenvalue weighted by Crippen LogP contribution is 2.32. The van der Waals surface area contributed by atoms with Gasteiger partial charge >= 0.3 is 0 Å². The van der Waals surface area contributed by atoms with Gasteiger partial charge in [0.1, 0.15) is 10.8 Å². The van der Waals surface area contributed by atoms with E-state index in [0.29, 0.717) is 11.4 Å². The lowest BCUT2D eigenvalue weighted by molar-refractivity contribution is -0.116. The van der Waals surface area contributed by atoms with Gasteiger partial charge in [-0.15, -0.1) is 11.3 Å². The van der Waals surface area contributed by atoms with Crippen LogP contribution in [0.4, 0.5) is 0 Å². The molecule has 0 unspecified atom stereocenters. The third-order valence-corrected chi connectivity index (χ3v) is 3.93. The second-order valence-electron chi connectivity index (χ2n) is 3.89. The Hall–Kier alpha value is -1.19. The van der Waals surface area contributed by atoms with Crippen molar-refractivity contribution in [3.63, 3.8) is 0 Å². The molecule has 0 atom stereocenters. The monoisotopic (exact) mass is 265 g/mol. The van der Waals surface area contributed by atoms with Crippen molar-refractivity contribution in [1.82, 2.24) is 4.98 Å². The molecule has 1 aromatic carbocycles. The van der Waals surface area contributed by atoms with Crippen LogP contribution in [0.5, 0.6) is 0 Å². The fraction of sp³-hybridized carbons (Fsp3) is 0.231. The number of aryl methyl sites for hydroxylation is 1. The molecular weight excluding hydrogens is 254 g/mol. The Kier molecular flexibility index (Phi) is 3.60. The number of hydrogen-bond donors (Lipinski definition) is 0. The maximum Gasteiger partial charge on any atom is 0.135 e. The van der Waals surface area contributed by atoms with E-state index in [4.69, 9.17) is 11.6 Å². The van der Waals surface area contributed by atoms with Gasteiger partial charge < -0.3 is 0 Å². The minimum atomic E-state index is 0.155. The van der Waals surface area contributed by atoms with Gasteiger partial charge in [-0.1, -0.05) is 29.8 Å². The molecule has 0 aliphatic carbocycles. The highest BCUT2D eigenvalue weighted by Gasteiger charge is 2.12. The van der Waals surface area contributed by atoms with E-state index in [1.165, 1.54) is 11.3 Å². The smallest absolute Gasteiger partial charge is 0.135 e. The molecule has 2 rings (SSSR count). The van der Waals surface area contributed by atoms with Crippen LogP contribution in [0.25, 0.3) is 10.6 Å². The van der Waals surface area contributed by atoms with Crippen molar-refractivity contribution >= 4 is 28.7 Å². The molecule has 0 radical (unpaired) electrons. The van der Waals surface area contributed by atoms with Gasteiger partial charge in [-0.05, 0) is 19.9 Å². The third-order valence-electron chi connectivity index (χ3n) is 2.41. The quantitative estimate of drug-likeness (QED) is 0.842. The first-order valence-electron chi connectivity index (χ1n) is 5.28. The molecule has 0 fully saturated rings. The molecule has 0 spiro atoms. The molecule has 4 heteroatoms. The van der Waals surface area contributed by atoms with Crippen molar-refractivity contribution in [2.45, 2.75) is 20.3 Å². The average Bonchev–Trinajstić information content (AvgIpc) is 2.60. The number of Topliss-reactive ketones (excluding diaryl/α,β-unsaturated/α-hetero) is 1. The number of hydrogen-bond acceptors (Lipinski definition) is 3. The third kappa shape index (κ3) is 2.73. The summed E-state index contributed by atoms with van der Waals surface area (Å²) in [4.78, 5) is 16.6. The lowest BCUT2D eigenvalue weighted by Gasteiger charge is -1.97. The van der Waals surface area contributed by atoms with Crippen molar-refractivity contribution in [2.75, 3.05) is 0 Å². The first-order valence-corrected chi connectivity index (χ1v) is 6.48. The van der Waals surface area contributed by atoms with E-state index < -0.39 is 0 Å². The molecule has 0 N–H and O–H groups in total. The van der Waals surface area contributed by atoms with Gasteiger partial charge in [0.05, 0.1) is 10.7 Å². The number of carbonyl (C=O) groups is 1. The largest absolute Gasteiger partial charge is 0.300 e. The van der Waals surface area contributed by atoms with Crippen LogP contribution in [-0.4, -0.2) is 10.8 Å². The zero-order valence-electron chi connectivity index (χ0n) is 9.66. The number of rotatable bonds is 3. The predicted octanol–water partition coefficient (Wildman–Crippen LogP) is 3.90. The number of thiazole rings is 1. The Morgan fingerprint density at radius 3 is 2.76 bits per heavy atom. The van der Waals surface area contributed by atoms with Crippen molar-refractivity contribution < 1.29 is 4.79 Å². The normalized spacial score (nSPS) is 10.5. The summed E-state index contributed by atoms with van der Waals surface area (Å²) in [7, 11) is 0. The lowest BCUT2D eigenvalue weighted by atomic mass is 10.2. The van der Waals surface area contributed by atoms with Gasteiger partial charge in [-0.25, -0.2) is 4.98 Å². The molecule has 88 valence electrons. The SMILES string of the molecule is CC(=O)Cc1sc(-c2ccccc2Cl)nc1C.